The molecule has 3 rings (SSSR count). The molecule has 25 heavy (non-hydrogen) atoms. The van der Waals surface area contributed by atoms with Crippen molar-refractivity contribution in [3.8, 4) is 23.3 Å². The summed E-state index contributed by atoms with van der Waals surface area (Å²) in [4.78, 5) is 4.04. The molecule has 3 nitrogen and oxygen atoms in total. The summed E-state index contributed by atoms with van der Waals surface area (Å²) < 4.78 is 33.5. The maximum atomic E-state index is 14.1. The fourth-order valence-corrected chi connectivity index (χ4v) is 2.21. The number of nitrogens with zero attached hydrogens (tertiary/aromatic N) is 1. The number of fused-ring (bicyclic) bond motifs is 1. The smallest absolute Gasteiger partial charge is 0.149 e. The van der Waals surface area contributed by atoms with Gasteiger partial charge in [0, 0.05) is 5.39 Å². The molecule has 3 aromatic rings. The Balaban J connectivity index is 2.01. The van der Waals surface area contributed by atoms with Crippen LogP contribution in [0.25, 0.3) is 10.9 Å². The number of halogens is 2. The molecule has 0 aliphatic rings. The molecule has 126 valence electrons. The summed E-state index contributed by atoms with van der Waals surface area (Å²) in [6.07, 6.45) is 1.36. The zero-order valence-electron chi connectivity index (χ0n) is 13.7. The highest BCUT2D eigenvalue weighted by molar-refractivity contribution is 5.80. The summed E-state index contributed by atoms with van der Waals surface area (Å²) in [5.74, 6) is 4.70. The van der Waals surface area contributed by atoms with Crippen LogP contribution < -0.4 is 4.74 Å². The lowest BCUT2D eigenvalue weighted by Crippen LogP contribution is -2.14. The molecular formula is C20H15F2NO2. The number of para-hydroxylation sites is 1. The summed E-state index contributed by atoms with van der Waals surface area (Å²) in [7, 11) is 0. The third kappa shape index (κ3) is 3.93. The minimum atomic E-state index is -1.26. The van der Waals surface area contributed by atoms with E-state index in [0.29, 0.717) is 11.1 Å². The molecule has 0 saturated heterocycles. The first kappa shape index (κ1) is 16.9. The van der Waals surface area contributed by atoms with E-state index in [4.69, 9.17) is 4.74 Å². The number of benzene rings is 2. The molecule has 5 heteroatoms. The molecule has 0 bridgehead atoms. The van der Waals surface area contributed by atoms with Gasteiger partial charge in [0.2, 0.25) is 0 Å². The highest BCUT2D eigenvalue weighted by Crippen LogP contribution is 2.28. The highest BCUT2D eigenvalue weighted by Gasteiger charge is 2.12. The average molecular weight is 339 g/mol. The topological polar surface area (TPSA) is 42.4 Å². The second kappa shape index (κ2) is 6.50. The van der Waals surface area contributed by atoms with Crippen molar-refractivity contribution < 1.29 is 18.6 Å². The van der Waals surface area contributed by atoms with Crippen molar-refractivity contribution in [1.82, 2.24) is 4.98 Å². The molecule has 0 aliphatic heterocycles. The molecule has 1 heterocycles. The van der Waals surface area contributed by atoms with E-state index in [2.05, 4.69) is 16.8 Å². The Morgan fingerprint density at radius 1 is 1.08 bits per heavy atom. The predicted octanol–water partition coefficient (Wildman–Crippen LogP) is 4.43. The summed E-state index contributed by atoms with van der Waals surface area (Å²) in [5, 5.41) is 10.3. The first-order valence-corrected chi connectivity index (χ1v) is 7.60. The summed E-state index contributed by atoms with van der Waals surface area (Å²) in [5.41, 5.74) is -0.998. The van der Waals surface area contributed by atoms with Crippen molar-refractivity contribution in [2.75, 3.05) is 0 Å². The van der Waals surface area contributed by atoms with Gasteiger partial charge in [-0.05, 0) is 38.1 Å². The van der Waals surface area contributed by atoms with Gasteiger partial charge in [-0.1, -0.05) is 30.0 Å². The van der Waals surface area contributed by atoms with Gasteiger partial charge >= 0.3 is 0 Å². The van der Waals surface area contributed by atoms with E-state index in [0.717, 1.165) is 0 Å². The van der Waals surface area contributed by atoms with Gasteiger partial charge in [0.1, 0.15) is 39.8 Å². The van der Waals surface area contributed by atoms with Crippen LogP contribution in [0.1, 0.15) is 19.4 Å². The van der Waals surface area contributed by atoms with Crippen molar-refractivity contribution in [2.45, 2.75) is 19.4 Å². The Morgan fingerprint density at radius 2 is 1.80 bits per heavy atom. The third-order valence-corrected chi connectivity index (χ3v) is 3.33. The Bertz CT molecular complexity index is 998. The van der Waals surface area contributed by atoms with Crippen molar-refractivity contribution >= 4 is 10.9 Å². The molecule has 0 saturated carbocycles. The summed E-state index contributed by atoms with van der Waals surface area (Å²) in [6.45, 7) is 3.01. The Hall–Kier alpha value is -2.97. The second-order valence-corrected chi connectivity index (χ2v) is 6.01. The standard InChI is InChI=1S/C20H15F2NO2/c1-20(2,24)10-9-15-16(21)6-4-8-18(15)25-14-11-13-5-3-7-17(22)19(13)23-12-14/h3-8,11-12,24H,1-2H3. The predicted molar refractivity (Wildman–Crippen MR) is 91.4 cm³/mol. The zero-order chi connectivity index (χ0) is 18.0. The van der Waals surface area contributed by atoms with Crippen molar-refractivity contribution in [2.24, 2.45) is 0 Å². The maximum Gasteiger partial charge on any atom is 0.149 e. The van der Waals surface area contributed by atoms with Gasteiger partial charge in [-0.15, -0.1) is 0 Å². The number of hydrogen-bond acceptors (Lipinski definition) is 3. The quantitative estimate of drug-likeness (QED) is 0.703. The molecular weight excluding hydrogens is 324 g/mol. The van der Waals surface area contributed by atoms with Gasteiger partial charge in [0.05, 0.1) is 6.20 Å². The molecule has 2 aromatic carbocycles. The van der Waals surface area contributed by atoms with Gasteiger partial charge in [-0.25, -0.2) is 13.8 Å². The highest BCUT2D eigenvalue weighted by atomic mass is 19.1. The number of aromatic nitrogens is 1. The van der Waals surface area contributed by atoms with E-state index in [1.807, 2.05) is 0 Å². The fraction of sp³-hybridized carbons (Fsp3) is 0.150. The SMILES string of the molecule is CC(C)(O)C#Cc1c(F)cccc1Oc1cnc2c(F)cccc2c1. The summed E-state index contributed by atoms with van der Waals surface area (Å²) >= 11 is 0. The third-order valence-electron chi connectivity index (χ3n) is 3.33. The number of hydrogen-bond donors (Lipinski definition) is 1. The van der Waals surface area contributed by atoms with Crippen LogP contribution in [-0.4, -0.2) is 15.7 Å². The van der Waals surface area contributed by atoms with Crippen LogP contribution in [0.15, 0.2) is 48.7 Å². The maximum absolute atomic E-state index is 14.1. The van der Waals surface area contributed by atoms with Crippen LogP contribution in [0.5, 0.6) is 11.5 Å². The molecule has 0 amide bonds. The van der Waals surface area contributed by atoms with Crippen molar-refractivity contribution in [3.63, 3.8) is 0 Å². The van der Waals surface area contributed by atoms with E-state index >= 15 is 0 Å². The summed E-state index contributed by atoms with van der Waals surface area (Å²) in [6, 6.07) is 10.5. The first-order chi connectivity index (χ1) is 11.8. The van der Waals surface area contributed by atoms with Gasteiger partial charge in [-0.3, -0.25) is 0 Å². The van der Waals surface area contributed by atoms with E-state index in [1.54, 1.807) is 24.3 Å². The van der Waals surface area contributed by atoms with Crippen LogP contribution in [0, 0.1) is 23.5 Å². The van der Waals surface area contributed by atoms with Crippen molar-refractivity contribution in [1.29, 1.82) is 0 Å². The molecule has 0 radical (unpaired) electrons. The lowest BCUT2D eigenvalue weighted by atomic mass is 10.1. The van der Waals surface area contributed by atoms with Crippen LogP contribution in [0.4, 0.5) is 8.78 Å². The normalized spacial score (nSPS) is 11.1. The molecule has 0 aliphatic carbocycles. The molecule has 0 atom stereocenters. The molecule has 1 N–H and O–H groups in total. The number of rotatable bonds is 2. The first-order valence-electron chi connectivity index (χ1n) is 7.60. The van der Waals surface area contributed by atoms with Crippen LogP contribution in [0.2, 0.25) is 0 Å². The van der Waals surface area contributed by atoms with Crippen molar-refractivity contribution in [3.05, 3.63) is 65.9 Å². The molecule has 0 spiro atoms. The van der Waals surface area contributed by atoms with Gasteiger partial charge < -0.3 is 9.84 Å². The molecule has 1 aromatic heterocycles. The minimum Gasteiger partial charge on any atom is -0.454 e. The van der Waals surface area contributed by atoms with E-state index in [9.17, 15) is 13.9 Å². The van der Waals surface area contributed by atoms with Gasteiger partial charge in [-0.2, -0.15) is 0 Å². The van der Waals surface area contributed by atoms with Gasteiger partial charge in [0.25, 0.3) is 0 Å². The Morgan fingerprint density at radius 3 is 2.56 bits per heavy atom. The van der Waals surface area contributed by atoms with Crippen LogP contribution >= 0.6 is 0 Å². The van der Waals surface area contributed by atoms with Gasteiger partial charge in [0.15, 0.2) is 0 Å². The van der Waals surface area contributed by atoms with E-state index in [-0.39, 0.29) is 16.8 Å². The van der Waals surface area contributed by atoms with Crippen LogP contribution in [0.3, 0.4) is 0 Å². The monoisotopic (exact) mass is 339 g/mol. The second-order valence-electron chi connectivity index (χ2n) is 6.01. The average Bonchev–Trinajstić information content (AvgIpc) is 2.53. The van der Waals surface area contributed by atoms with Crippen LogP contribution in [-0.2, 0) is 0 Å². The lowest BCUT2D eigenvalue weighted by molar-refractivity contribution is 0.143. The molecule has 0 fully saturated rings. The number of pyridine rings is 1. The van der Waals surface area contributed by atoms with E-state index in [1.165, 1.54) is 38.2 Å². The largest absolute Gasteiger partial charge is 0.454 e. The fourth-order valence-electron chi connectivity index (χ4n) is 2.21. The molecule has 0 unspecified atom stereocenters. The Kier molecular flexibility index (Phi) is 4.39. The Labute approximate surface area is 143 Å². The minimum absolute atomic E-state index is 0.0314. The number of ether oxygens (including phenoxy) is 1. The lowest BCUT2D eigenvalue weighted by Gasteiger charge is -2.10. The number of aliphatic hydroxyl groups is 1. The zero-order valence-corrected chi connectivity index (χ0v) is 13.7. The van der Waals surface area contributed by atoms with E-state index < -0.39 is 17.2 Å².